The van der Waals surface area contributed by atoms with Crippen LogP contribution in [0.15, 0.2) is 12.2 Å². The predicted octanol–water partition coefficient (Wildman–Crippen LogP) is 1.06. The minimum Gasteiger partial charge on any atom is -0.367 e. The van der Waals surface area contributed by atoms with E-state index in [1.165, 1.54) is 0 Å². The molecule has 0 amide bonds. The molecule has 1 spiro atoms. The predicted molar refractivity (Wildman–Crippen MR) is 36.7 cm³/mol. The normalized spacial score (nSPS) is 38.2. The fourth-order valence-electron chi connectivity index (χ4n) is 1.66. The molecule has 1 heterocycles. The van der Waals surface area contributed by atoms with Gasteiger partial charge in [-0.2, -0.15) is 0 Å². The maximum absolute atomic E-state index is 11.2. The molecular formula is C8H10O2. The first kappa shape index (κ1) is 6.10. The highest BCUT2D eigenvalue weighted by molar-refractivity contribution is 5.99. The van der Waals surface area contributed by atoms with Gasteiger partial charge in [-0.1, -0.05) is 6.08 Å². The average molecular weight is 138 g/mol. The molecule has 0 radical (unpaired) electrons. The molecule has 0 aromatic rings. The van der Waals surface area contributed by atoms with Crippen LogP contribution in [-0.4, -0.2) is 18.0 Å². The SMILES string of the molecule is O=C1C=CC[C@@]12CCCO2. The lowest BCUT2D eigenvalue weighted by atomic mass is 9.97. The molecule has 10 heavy (non-hydrogen) atoms. The Morgan fingerprint density at radius 3 is 3.00 bits per heavy atom. The molecule has 1 aliphatic carbocycles. The molecule has 0 bridgehead atoms. The third kappa shape index (κ3) is 0.655. The van der Waals surface area contributed by atoms with Crippen LogP contribution < -0.4 is 0 Å². The molecule has 1 saturated heterocycles. The fraction of sp³-hybridized carbons (Fsp3) is 0.625. The quantitative estimate of drug-likeness (QED) is 0.500. The lowest BCUT2D eigenvalue weighted by Crippen LogP contribution is -2.32. The van der Waals surface area contributed by atoms with Crippen molar-refractivity contribution in [3.63, 3.8) is 0 Å². The average Bonchev–Trinajstić information content (AvgIpc) is 2.48. The largest absolute Gasteiger partial charge is 0.367 e. The van der Waals surface area contributed by atoms with Crippen molar-refractivity contribution in [3.05, 3.63) is 12.2 Å². The Bertz CT molecular complexity index is 187. The summed E-state index contributed by atoms with van der Waals surface area (Å²) in [6, 6.07) is 0. The van der Waals surface area contributed by atoms with Gasteiger partial charge < -0.3 is 4.74 Å². The Balaban J connectivity index is 2.23. The van der Waals surface area contributed by atoms with Gasteiger partial charge in [0.25, 0.3) is 0 Å². The molecule has 1 fully saturated rings. The number of ketones is 1. The van der Waals surface area contributed by atoms with Crippen LogP contribution in [0.5, 0.6) is 0 Å². The minimum absolute atomic E-state index is 0.171. The van der Waals surface area contributed by atoms with E-state index in [9.17, 15) is 4.79 Å². The zero-order chi connectivity index (χ0) is 7.03. The third-order valence-electron chi connectivity index (χ3n) is 2.27. The van der Waals surface area contributed by atoms with Crippen LogP contribution in [-0.2, 0) is 9.53 Å². The highest BCUT2D eigenvalue weighted by atomic mass is 16.5. The van der Waals surface area contributed by atoms with Crippen molar-refractivity contribution >= 4 is 5.78 Å². The van der Waals surface area contributed by atoms with E-state index >= 15 is 0 Å². The monoisotopic (exact) mass is 138 g/mol. The highest BCUT2D eigenvalue weighted by Gasteiger charge is 2.42. The Morgan fingerprint density at radius 1 is 1.60 bits per heavy atom. The summed E-state index contributed by atoms with van der Waals surface area (Å²) in [7, 11) is 0. The second-order valence-corrected chi connectivity index (χ2v) is 2.92. The van der Waals surface area contributed by atoms with Crippen molar-refractivity contribution < 1.29 is 9.53 Å². The van der Waals surface area contributed by atoms with Crippen LogP contribution in [0.3, 0.4) is 0 Å². The van der Waals surface area contributed by atoms with Gasteiger partial charge in [0.2, 0.25) is 0 Å². The summed E-state index contributed by atoms with van der Waals surface area (Å²) in [6.45, 7) is 0.757. The Labute approximate surface area is 59.9 Å². The molecule has 0 aromatic carbocycles. The van der Waals surface area contributed by atoms with Gasteiger partial charge in [0.05, 0.1) is 0 Å². The standard InChI is InChI=1S/C8H10O2/c9-7-3-1-4-8(7)5-2-6-10-8/h1,3H,2,4-6H2/t8-/m1/s1. The summed E-state index contributed by atoms with van der Waals surface area (Å²) in [5.74, 6) is 0.171. The van der Waals surface area contributed by atoms with Gasteiger partial charge in [0.1, 0.15) is 5.60 Å². The van der Waals surface area contributed by atoms with Crippen molar-refractivity contribution in [1.29, 1.82) is 0 Å². The minimum atomic E-state index is -0.403. The lowest BCUT2D eigenvalue weighted by molar-refractivity contribution is -0.131. The summed E-state index contributed by atoms with van der Waals surface area (Å²) < 4.78 is 5.40. The van der Waals surface area contributed by atoms with Gasteiger partial charge in [0, 0.05) is 13.0 Å². The van der Waals surface area contributed by atoms with E-state index in [0.29, 0.717) is 0 Å². The summed E-state index contributed by atoms with van der Waals surface area (Å²) in [4.78, 5) is 11.2. The van der Waals surface area contributed by atoms with E-state index in [4.69, 9.17) is 4.74 Å². The van der Waals surface area contributed by atoms with E-state index in [1.54, 1.807) is 6.08 Å². The van der Waals surface area contributed by atoms with Crippen LogP contribution in [0.2, 0.25) is 0 Å². The molecule has 2 nitrogen and oxygen atoms in total. The molecule has 2 aliphatic rings. The van der Waals surface area contributed by atoms with E-state index in [0.717, 1.165) is 25.9 Å². The topological polar surface area (TPSA) is 26.3 Å². The lowest BCUT2D eigenvalue weighted by Gasteiger charge is -2.18. The van der Waals surface area contributed by atoms with Gasteiger partial charge in [-0.05, 0) is 18.9 Å². The first-order valence-electron chi connectivity index (χ1n) is 3.68. The van der Waals surface area contributed by atoms with E-state index in [2.05, 4.69) is 0 Å². The van der Waals surface area contributed by atoms with Gasteiger partial charge in [-0.25, -0.2) is 0 Å². The summed E-state index contributed by atoms with van der Waals surface area (Å²) in [6.07, 6.45) is 6.30. The number of ether oxygens (including phenoxy) is 1. The second-order valence-electron chi connectivity index (χ2n) is 2.92. The molecule has 0 saturated carbocycles. The number of hydrogen-bond donors (Lipinski definition) is 0. The number of rotatable bonds is 0. The molecule has 0 N–H and O–H groups in total. The third-order valence-corrected chi connectivity index (χ3v) is 2.27. The fourth-order valence-corrected chi connectivity index (χ4v) is 1.66. The highest BCUT2D eigenvalue weighted by Crippen LogP contribution is 2.34. The van der Waals surface area contributed by atoms with Gasteiger partial charge in [-0.15, -0.1) is 0 Å². The van der Waals surface area contributed by atoms with Crippen molar-refractivity contribution in [2.45, 2.75) is 24.9 Å². The van der Waals surface area contributed by atoms with Gasteiger partial charge in [-0.3, -0.25) is 4.79 Å². The molecule has 1 aliphatic heterocycles. The summed E-state index contributed by atoms with van der Waals surface area (Å²) in [5.41, 5.74) is -0.403. The van der Waals surface area contributed by atoms with Crippen molar-refractivity contribution in [2.75, 3.05) is 6.61 Å². The van der Waals surface area contributed by atoms with Crippen LogP contribution in [0.4, 0.5) is 0 Å². The van der Waals surface area contributed by atoms with E-state index in [-0.39, 0.29) is 5.78 Å². The van der Waals surface area contributed by atoms with Gasteiger partial charge >= 0.3 is 0 Å². The van der Waals surface area contributed by atoms with Crippen LogP contribution in [0.25, 0.3) is 0 Å². The Hall–Kier alpha value is -0.630. The van der Waals surface area contributed by atoms with Crippen molar-refractivity contribution in [1.82, 2.24) is 0 Å². The summed E-state index contributed by atoms with van der Waals surface area (Å²) in [5, 5.41) is 0. The molecule has 2 heteroatoms. The molecule has 54 valence electrons. The first-order valence-corrected chi connectivity index (χ1v) is 3.68. The molecule has 0 unspecified atom stereocenters. The number of carbonyl (C=O) groups is 1. The Kier molecular flexibility index (Phi) is 1.17. The molecule has 1 atom stereocenters. The van der Waals surface area contributed by atoms with Crippen LogP contribution >= 0.6 is 0 Å². The van der Waals surface area contributed by atoms with Crippen LogP contribution in [0, 0.1) is 0 Å². The van der Waals surface area contributed by atoms with Crippen LogP contribution in [0.1, 0.15) is 19.3 Å². The van der Waals surface area contributed by atoms with Crippen molar-refractivity contribution in [3.8, 4) is 0 Å². The van der Waals surface area contributed by atoms with E-state index < -0.39 is 5.60 Å². The maximum atomic E-state index is 11.2. The second kappa shape index (κ2) is 1.92. The maximum Gasteiger partial charge on any atom is 0.187 e. The number of carbonyl (C=O) groups excluding carboxylic acids is 1. The Morgan fingerprint density at radius 2 is 2.50 bits per heavy atom. The molecular weight excluding hydrogens is 128 g/mol. The van der Waals surface area contributed by atoms with E-state index in [1.807, 2.05) is 6.08 Å². The zero-order valence-electron chi connectivity index (χ0n) is 5.80. The summed E-state index contributed by atoms with van der Waals surface area (Å²) >= 11 is 0. The molecule has 0 aromatic heterocycles. The zero-order valence-corrected chi connectivity index (χ0v) is 5.80. The smallest absolute Gasteiger partial charge is 0.187 e. The molecule has 2 rings (SSSR count). The number of hydrogen-bond acceptors (Lipinski definition) is 2. The van der Waals surface area contributed by atoms with Crippen molar-refractivity contribution in [2.24, 2.45) is 0 Å². The first-order chi connectivity index (χ1) is 4.83. The van der Waals surface area contributed by atoms with Gasteiger partial charge in [0.15, 0.2) is 5.78 Å².